The Bertz CT molecular complexity index is 1190. The summed E-state index contributed by atoms with van der Waals surface area (Å²) in [6, 6.07) is 10.6. The van der Waals surface area contributed by atoms with Crippen molar-refractivity contribution in [1.29, 1.82) is 0 Å². The number of halogens is 2. The van der Waals surface area contributed by atoms with Crippen LogP contribution in [0.15, 0.2) is 47.4 Å². The maximum absolute atomic E-state index is 12.5. The van der Waals surface area contributed by atoms with E-state index in [0.29, 0.717) is 16.7 Å². The van der Waals surface area contributed by atoms with Crippen LogP contribution in [0.2, 0.25) is 10.0 Å². The Labute approximate surface area is 187 Å². The minimum atomic E-state index is -3.82. The zero-order valence-electron chi connectivity index (χ0n) is 15.4. The summed E-state index contributed by atoms with van der Waals surface area (Å²) >= 11 is 13.1. The second-order valence-corrected chi connectivity index (χ2v) is 10.3. The average Bonchev–Trinajstić information content (AvgIpc) is 3.45. The quantitative estimate of drug-likeness (QED) is 0.507. The highest BCUT2D eigenvalue weighted by atomic mass is 35.5. The smallest absolute Gasteiger partial charge is 0.261 e. The Morgan fingerprint density at radius 3 is 2.47 bits per heavy atom. The van der Waals surface area contributed by atoms with Crippen molar-refractivity contribution >= 4 is 61.3 Å². The molecule has 0 spiro atoms. The van der Waals surface area contributed by atoms with Crippen molar-refractivity contribution in [3.05, 3.63) is 63.1 Å². The van der Waals surface area contributed by atoms with E-state index in [1.165, 1.54) is 29.5 Å². The van der Waals surface area contributed by atoms with Crippen LogP contribution in [-0.2, 0) is 21.2 Å². The van der Waals surface area contributed by atoms with Gasteiger partial charge in [-0.25, -0.2) is 8.42 Å². The lowest BCUT2D eigenvalue weighted by Gasteiger charge is -2.09. The third-order valence-corrected chi connectivity index (χ3v) is 7.50. The van der Waals surface area contributed by atoms with Gasteiger partial charge in [0.1, 0.15) is 5.01 Å². The summed E-state index contributed by atoms with van der Waals surface area (Å²) < 4.78 is 27.5. The van der Waals surface area contributed by atoms with Crippen molar-refractivity contribution in [3.8, 4) is 0 Å². The average molecular weight is 483 g/mol. The molecule has 3 aromatic rings. The molecular weight excluding hydrogens is 467 g/mol. The highest BCUT2D eigenvalue weighted by Crippen LogP contribution is 2.42. The van der Waals surface area contributed by atoms with Gasteiger partial charge in [0.05, 0.1) is 21.4 Å². The fourth-order valence-corrected chi connectivity index (χ4v) is 5.05. The molecule has 7 nitrogen and oxygen atoms in total. The molecule has 2 N–H and O–H groups in total. The standard InChI is InChI=1S/C19H16Cl2N4O3S2/c20-15-8-7-14(10-16(15)21)30(27,28)25-13-5-1-11(2-6-13)9-17(26)22-19-24-23-18(29-19)12-3-4-12/h1-2,5-8,10,12,25H,3-4,9H2,(H,22,24,26). The number of carbonyl (C=O) groups is 1. The second-order valence-electron chi connectivity index (χ2n) is 6.82. The SMILES string of the molecule is O=C(Cc1ccc(NS(=O)(=O)c2ccc(Cl)c(Cl)c2)cc1)Nc1nnc(C2CC2)s1. The van der Waals surface area contributed by atoms with E-state index in [0.717, 1.165) is 23.4 Å². The van der Waals surface area contributed by atoms with E-state index in [4.69, 9.17) is 23.2 Å². The number of anilines is 2. The van der Waals surface area contributed by atoms with Gasteiger partial charge in [-0.1, -0.05) is 46.7 Å². The predicted octanol–water partition coefficient (Wildman–Crippen LogP) is 4.70. The van der Waals surface area contributed by atoms with Gasteiger partial charge in [0.15, 0.2) is 0 Å². The number of rotatable bonds is 7. The lowest BCUT2D eigenvalue weighted by molar-refractivity contribution is -0.115. The minimum Gasteiger partial charge on any atom is -0.300 e. The molecule has 1 amide bonds. The first-order valence-electron chi connectivity index (χ1n) is 9.00. The van der Waals surface area contributed by atoms with Crippen LogP contribution in [0.1, 0.15) is 29.3 Å². The summed E-state index contributed by atoms with van der Waals surface area (Å²) in [5.41, 5.74) is 1.10. The van der Waals surface area contributed by atoms with E-state index in [1.807, 2.05) is 0 Å². The van der Waals surface area contributed by atoms with Gasteiger partial charge in [-0.05, 0) is 48.7 Å². The molecule has 0 radical (unpaired) electrons. The van der Waals surface area contributed by atoms with E-state index in [2.05, 4.69) is 20.2 Å². The van der Waals surface area contributed by atoms with Crippen molar-refractivity contribution < 1.29 is 13.2 Å². The topological polar surface area (TPSA) is 101 Å². The van der Waals surface area contributed by atoms with Crippen LogP contribution >= 0.6 is 34.5 Å². The lowest BCUT2D eigenvalue weighted by Crippen LogP contribution is -2.15. The first-order chi connectivity index (χ1) is 14.3. The zero-order chi connectivity index (χ0) is 21.3. The molecular formula is C19H16Cl2N4O3S2. The van der Waals surface area contributed by atoms with E-state index in [1.54, 1.807) is 24.3 Å². The van der Waals surface area contributed by atoms with Crippen LogP contribution in [0.25, 0.3) is 0 Å². The Kier molecular flexibility index (Phi) is 5.97. The monoisotopic (exact) mass is 482 g/mol. The molecule has 1 aromatic heterocycles. The molecule has 156 valence electrons. The molecule has 0 atom stereocenters. The molecule has 0 saturated heterocycles. The maximum Gasteiger partial charge on any atom is 0.261 e. The van der Waals surface area contributed by atoms with Gasteiger partial charge in [0.25, 0.3) is 10.0 Å². The summed E-state index contributed by atoms with van der Waals surface area (Å²) in [6.07, 6.45) is 2.39. The number of amides is 1. The number of hydrogen-bond donors (Lipinski definition) is 2. The highest BCUT2D eigenvalue weighted by Gasteiger charge is 2.27. The minimum absolute atomic E-state index is 0.00276. The van der Waals surface area contributed by atoms with Crippen molar-refractivity contribution in [2.45, 2.75) is 30.1 Å². The van der Waals surface area contributed by atoms with E-state index in [-0.39, 0.29) is 27.3 Å². The van der Waals surface area contributed by atoms with Gasteiger partial charge in [0.2, 0.25) is 11.0 Å². The molecule has 1 aliphatic rings. The van der Waals surface area contributed by atoms with Crippen molar-refractivity contribution in [1.82, 2.24) is 10.2 Å². The lowest BCUT2D eigenvalue weighted by atomic mass is 10.1. The Morgan fingerprint density at radius 2 is 1.80 bits per heavy atom. The summed E-state index contributed by atoms with van der Waals surface area (Å²) in [4.78, 5) is 12.2. The Hall–Kier alpha value is -2.20. The zero-order valence-corrected chi connectivity index (χ0v) is 18.6. The van der Waals surface area contributed by atoms with Crippen molar-refractivity contribution in [3.63, 3.8) is 0 Å². The summed E-state index contributed by atoms with van der Waals surface area (Å²) in [7, 11) is -3.82. The molecule has 1 aliphatic carbocycles. The van der Waals surface area contributed by atoms with E-state index < -0.39 is 10.0 Å². The molecule has 1 saturated carbocycles. The largest absolute Gasteiger partial charge is 0.300 e. The number of hydrogen-bond acceptors (Lipinski definition) is 6. The molecule has 1 fully saturated rings. The van der Waals surface area contributed by atoms with Crippen LogP contribution in [-0.4, -0.2) is 24.5 Å². The molecule has 2 aromatic carbocycles. The molecule has 0 unspecified atom stereocenters. The van der Waals surface area contributed by atoms with Gasteiger partial charge in [-0.15, -0.1) is 10.2 Å². The molecule has 1 heterocycles. The van der Waals surface area contributed by atoms with Gasteiger partial charge in [-0.2, -0.15) is 0 Å². The van der Waals surface area contributed by atoms with E-state index in [9.17, 15) is 13.2 Å². The van der Waals surface area contributed by atoms with Crippen LogP contribution in [0, 0.1) is 0 Å². The first-order valence-corrected chi connectivity index (χ1v) is 12.1. The number of nitrogens with one attached hydrogen (secondary N) is 2. The molecule has 0 bridgehead atoms. The van der Waals surface area contributed by atoms with Gasteiger partial charge in [0, 0.05) is 11.6 Å². The fraction of sp³-hybridized carbons (Fsp3) is 0.211. The molecule has 30 heavy (non-hydrogen) atoms. The predicted molar refractivity (Wildman–Crippen MR) is 118 cm³/mol. The van der Waals surface area contributed by atoms with E-state index >= 15 is 0 Å². The molecule has 4 rings (SSSR count). The summed E-state index contributed by atoms with van der Waals surface area (Å²) in [6.45, 7) is 0. The Morgan fingerprint density at radius 1 is 1.07 bits per heavy atom. The van der Waals surface area contributed by atoms with Crippen LogP contribution in [0.5, 0.6) is 0 Å². The highest BCUT2D eigenvalue weighted by molar-refractivity contribution is 7.92. The van der Waals surface area contributed by atoms with Crippen molar-refractivity contribution in [2.75, 3.05) is 10.0 Å². The molecule has 0 aliphatic heterocycles. The summed E-state index contributed by atoms with van der Waals surface area (Å²) in [5, 5.41) is 12.7. The molecule has 11 heteroatoms. The van der Waals surface area contributed by atoms with Gasteiger partial charge >= 0.3 is 0 Å². The number of benzene rings is 2. The number of sulfonamides is 1. The second kappa shape index (κ2) is 8.50. The van der Waals surface area contributed by atoms with Crippen LogP contribution < -0.4 is 10.0 Å². The number of aromatic nitrogens is 2. The number of carbonyl (C=O) groups excluding carboxylic acids is 1. The van der Waals surface area contributed by atoms with Gasteiger partial charge < -0.3 is 5.32 Å². The normalized spacial score (nSPS) is 13.8. The summed E-state index contributed by atoms with van der Waals surface area (Å²) in [5.74, 6) is 0.283. The number of nitrogens with zero attached hydrogens (tertiary/aromatic N) is 2. The van der Waals surface area contributed by atoms with Crippen LogP contribution in [0.3, 0.4) is 0 Å². The maximum atomic E-state index is 12.5. The third kappa shape index (κ3) is 5.10. The third-order valence-electron chi connectivity index (χ3n) is 4.39. The first kappa shape index (κ1) is 21.0. The van der Waals surface area contributed by atoms with Crippen LogP contribution in [0.4, 0.5) is 10.8 Å². The van der Waals surface area contributed by atoms with Gasteiger partial charge in [-0.3, -0.25) is 9.52 Å². The Balaban J connectivity index is 1.37. The fourth-order valence-electron chi connectivity index (χ4n) is 2.68. The van der Waals surface area contributed by atoms with Crippen molar-refractivity contribution in [2.24, 2.45) is 0 Å².